The van der Waals surface area contributed by atoms with Crippen molar-refractivity contribution in [1.29, 1.82) is 0 Å². The lowest BCUT2D eigenvalue weighted by molar-refractivity contribution is 0.325. The number of aromatic nitrogens is 2. The maximum absolute atomic E-state index is 13.5. The summed E-state index contributed by atoms with van der Waals surface area (Å²) in [4.78, 5) is 21.6. The molecule has 0 saturated carbocycles. The van der Waals surface area contributed by atoms with E-state index >= 15 is 0 Å². The van der Waals surface area contributed by atoms with Gasteiger partial charge in [-0.25, -0.2) is 9.37 Å². The number of para-hydroxylation sites is 1. The highest BCUT2D eigenvalue weighted by molar-refractivity contribution is 7.99. The number of thiophene rings is 2. The summed E-state index contributed by atoms with van der Waals surface area (Å²) < 4.78 is 18.9. The third kappa shape index (κ3) is 3.53. The van der Waals surface area contributed by atoms with Crippen molar-refractivity contribution in [3.05, 3.63) is 63.3 Å². The van der Waals surface area contributed by atoms with Crippen LogP contribution in [0.5, 0.6) is 5.75 Å². The second-order valence-electron chi connectivity index (χ2n) is 5.31. The highest BCUT2D eigenvalue weighted by atomic mass is 32.2. The summed E-state index contributed by atoms with van der Waals surface area (Å²) in [6, 6.07) is 10.2. The average molecular weight is 405 g/mol. The quantitative estimate of drug-likeness (QED) is 0.278. The zero-order valence-electron chi connectivity index (χ0n) is 13.4. The van der Waals surface area contributed by atoms with Crippen LogP contribution in [0.1, 0.15) is 0 Å². The number of thioether (sulfide) groups is 1. The number of nitrogens with one attached hydrogen (secondary N) is 1. The summed E-state index contributed by atoms with van der Waals surface area (Å²) in [5.41, 5.74) is 0.783. The van der Waals surface area contributed by atoms with Gasteiger partial charge in [0.15, 0.2) is 16.7 Å². The third-order valence-electron chi connectivity index (χ3n) is 3.63. The monoisotopic (exact) mass is 404 g/mol. The van der Waals surface area contributed by atoms with Crippen molar-refractivity contribution in [2.75, 3.05) is 12.4 Å². The van der Waals surface area contributed by atoms with Crippen LogP contribution in [0, 0.1) is 5.82 Å². The first kappa shape index (κ1) is 17.3. The van der Waals surface area contributed by atoms with Crippen molar-refractivity contribution in [1.82, 2.24) is 9.97 Å². The Labute approximate surface area is 160 Å². The number of rotatable bonds is 6. The van der Waals surface area contributed by atoms with Crippen LogP contribution < -0.4 is 10.3 Å². The van der Waals surface area contributed by atoms with Gasteiger partial charge in [0.2, 0.25) is 0 Å². The van der Waals surface area contributed by atoms with Gasteiger partial charge in [-0.1, -0.05) is 30.0 Å². The van der Waals surface area contributed by atoms with Gasteiger partial charge >= 0.3 is 0 Å². The zero-order chi connectivity index (χ0) is 17.9. The predicted molar refractivity (Wildman–Crippen MR) is 106 cm³/mol. The van der Waals surface area contributed by atoms with Crippen molar-refractivity contribution in [2.45, 2.75) is 5.16 Å². The minimum absolute atomic E-state index is 0.142. The van der Waals surface area contributed by atoms with Gasteiger partial charge in [0.1, 0.15) is 4.83 Å². The van der Waals surface area contributed by atoms with Crippen LogP contribution >= 0.6 is 34.4 Å². The molecule has 4 nitrogen and oxygen atoms in total. The number of hydrogen-bond donors (Lipinski definition) is 1. The van der Waals surface area contributed by atoms with Gasteiger partial charge in [-0.05, 0) is 23.6 Å². The molecular weight excluding hydrogens is 391 g/mol. The molecule has 0 aliphatic rings. The molecule has 3 heterocycles. The number of halogens is 1. The Kier molecular flexibility index (Phi) is 5.05. The molecule has 1 aromatic carbocycles. The molecular formula is C18H13FN2O2S3. The summed E-state index contributed by atoms with van der Waals surface area (Å²) >= 11 is 4.43. The molecule has 0 bridgehead atoms. The van der Waals surface area contributed by atoms with Crippen LogP contribution in [0.4, 0.5) is 4.39 Å². The largest absolute Gasteiger partial charge is 0.490 e. The van der Waals surface area contributed by atoms with Crippen LogP contribution in [-0.2, 0) is 0 Å². The summed E-state index contributed by atoms with van der Waals surface area (Å²) in [5, 5.41) is 5.12. The molecule has 0 aliphatic heterocycles. The van der Waals surface area contributed by atoms with Gasteiger partial charge in [0.25, 0.3) is 5.56 Å². The SMILES string of the molecule is O=c1[nH]c(SCCOc2ccccc2F)nc2scc(-c3cccs3)c12. The molecule has 0 saturated heterocycles. The molecule has 8 heteroatoms. The molecule has 26 heavy (non-hydrogen) atoms. The van der Waals surface area contributed by atoms with Crippen LogP contribution in [-0.4, -0.2) is 22.3 Å². The smallest absolute Gasteiger partial charge is 0.260 e. The zero-order valence-corrected chi connectivity index (χ0v) is 15.8. The van der Waals surface area contributed by atoms with Gasteiger partial charge < -0.3 is 9.72 Å². The van der Waals surface area contributed by atoms with E-state index in [9.17, 15) is 9.18 Å². The number of H-pyrrole nitrogens is 1. The maximum atomic E-state index is 13.5. The molecule has 1 N–H and O–H groups in total. The molecule has 3 aromatic heterocycles. The minimum atomic E-state index is -0.384. The summed E-state index contributed by atoms with van der Waals surface area (Å²) in [5.74, 6) is 0.389. The van der Waals surface area contributed by atoms with E-state index in [1.165, 1.54) is 29.2 Å². The Hall–Kier alpha value is -2.16. The second kappa shape index (κ2) is 7.61. The van der Waals surface area contributed by atoms with Gasteiger partial charge in [-0.15, -0.1) is 22.7 Å². The second-order valence-corrected chi connectivity index (χ2v) is 8.19. The van der Waals surface area contributed by atoms with E-state index in [1.807, 2.05) is 22.9 Å². The van der Waals surface area contributed by atoms with E-state index in [2.05, 4.69) is 9.97 Å². The normalized spacial score (nSPS) is 11.1. The third-order valence-corrected chi connectivity index (χ3v) is 6.24. The molecule has 0 spiro atoms. The molecule has 4 aromatic rings. The maximum Gasteiger partial charge on any atom is 0.260 e. The van der Waals surface area contributed by atoms with E-state index < -0.39 is 0 Å². The minimum Gasteiger partial charge on any atom is -0.490 e. The fraction of sp³-hybridized carbons (Fsp3) is 0.111. The molecule has 4 rings (SSSR count). The van der Waals surface area contributed by atoms with E-state index in [-0.39, 0.29) is 17.1 Å². The summed E-state index contributed by atoms with van der Waals surface area (Å²) in [6.45, 7) is 0.318. The molecule has 132 valence electrons. The van der Waals surface area contributed by atoms with Crippen molar-refractivity contribution in [3.63, 3.8) is 0 Å². The van der Waals surface area contributed by atoms with Crippen LogP contribution in [0.15, 0.2) is 57.1 Å². The van der Waals surface area contributed by atoms with Crippen LogP contribution in [0.25, 0.3) is 20.7 Å². The van der Waals surface area contributed by atoms with Crippen molar-refractivity contribution in [2.24, 2.45) is 0 Å². The highest BCUT2D eigenvalue weighted by Crippen LogP contribution is 2.34. The lowest BCUT2D eigenvalue weighted by atomic mass is 10.2. The molecule has 0 atom stereocenters. The Morgan fingerprint density at radius 3 is 2.88 bits per heavy atom. The topological polar surface area (TPSA) is 55.0 Å². The Morgan fingerprint density at radius 2 is 2.08 bits per heavy atom. The lowest BCUT2D eigenvalue weighted by Gasteiger charge is -2.06. The molecule has 0 radical (unpaired) electrons. The molecule has 0 amide bonds. The van der Waals surface area contributed by atoms with Crippen molar-refractivity contribution < 1.29 is 9.13 Å². The van der Waals surface area contributed by atoms with E-state index in [4.69, 9.17) is 4.74 Å². The number of fused-ring (bicyclic) bond motifs is 1. The van der Waals surface area contributed by atoms with Gasteiger partial charge in [-0.3, -0.25) is 4.79 Å². The molecule has 0 unspecified atom stereocenters. The van der Waals surface area contributed by atoms with Gasteiger partial charge in [0.05, 0.1) is 12.0 Å². The molecule has 0 fully saturated rings. The standard InChI is InChI=1S/C18H13FN2O2S3/c19-12-4-1-2-5-13(12)23-7-9-25-18-20-16(22)15-11(10-26-17(15)21-18)14-6-3-8-24-14/h1-6,8,10H,7,9H2,(H,20,21,22). The first-order valence-corrected chi connectivity index (χ1v) is 10.5. The first-order valence-electron chi connectivity index (χ1n) is 7.78. The molecule has 0 aliphatic carbocycles. The number of hydrogen-bond acceptors (Lipinski definition) is 6. The number of ether oxygens (including phenoxy) is 1. The fourth-order valence-corrected chi connectivity index (χ4v) is 4.96. The van der Waals surface area contributed by atoms with Crippen LogP contribution in [0.2, 0.25) is 0 Å². The van der Waals surface area contributed by atoms with E-state index in [0.717, 1.165) is 15.3 Å². The summed E-state index contributed by atoms with van der Waals surface area (Å²) in [6.07, 6.45) is 0. The Balaban J connectivity index is 1.46. The van der Waals surface area contributed by atoms with Crippen molar-refractivity contribution in [3.8, 4) is 16.2 Å². The van der Waals surface area contributed by atoms with E-state index in [1.54, 1.807) is 29.5 Å². The number of aromatic amines is 1. The highest BCUT2D eigenvalue weighted by Gasteiger charge is 2.13. The first-order chi connectivity index (χ1) is 12.7. The lowest BCUT2D eigenvalue weighted by Crippen LogP contribution is -2.09. The Morgan fingerprint density at radius 1 is 1.19 bits per heavy atom. The summed E-state index contributed by atoms with van der Waals surface area (Å²) in [7, 11) is 0. The van der Waals surface area contributed by atoms with Crippen LogP contribution in [0.3, 0.4) is 0 Å². The fourth-order valence-electron chi connectivity index (χ4n) is 2.46. The van der Waals surface area contributed by atoms with E-state index in [0.29, 0.717) is 22.9 Å². The van der Waals surface area contributed by atoms with Gasteiger partial charge in [0, 0.05) is 21.6 Å². The number of benzene rings is 1. The van der Waals surface area contributed by atoms with Crippen molar-refractivity contribution >= 4 is 44.7 Å². The average Bonchev–Trinajstić information content (AvgIpc) is 3.29. The Bertz CT molecular complexity index is 1090. The van der Waals surface area contributed by atoms with Gasteiger partial charge in [-0.2, -0.15) is 0 Å². The number of nitrogens with zero attached hydrogens (tertiary/aromatic N) is 1. The predicted octanol–water partition coefficient (Wildman–Crippen LogP) is 5.02.